The lowest BCUT2D eigenvalue weighted by molar-refractivity contribution is -0.117. The minimum absolute atomic E-state index is 0.0841. The number of rotatable bonds is 5. The van der Waals surface area contributed by atoms with Gasteiger partial charge >= 0.3 is 0 Å². The molecule has 0 spiro atoms. The molecule has 6 nitrogen and oxygen atoms in total. The van der Waals surface area contributed by atoms with Crippen molar-refractivity contribution in [3.63, 3.8) is 0 Å². The van der Waals surface area contributed by atoms with E-state index in [2.05, 4.69) is 31.4 Å². The van der Waals surface area contributed by atoms with Gasteiger partial charge in [0.05, 0.1) is 13.1 Å². The first-order chi connectivity index (χ1) is 9.94. The summed E-state index contributed by atoms with van der Waals surface area (Å²) in [5, 5.41) is 10.6. The molecule has 0 bridgehead atoms. The molecule has 0 fully saturated rings. The van der Waals surface area contributed by atoms with Gasteiger partial charge in [0.25, 0.3) is 0 Å². The Bertz CT molecular complexity index is 642. The number of hydrogen-bond acceptors (Lipinski definition) is 5. The van der Waals surface area contributed by atoms with Gasteiger partial charge in [-0.25, -0.2) is 0 Å². The second kappa shape index (κ2) is 6.82. The van der Waals surface area contributed by atoms with Crippen molar-refractivity contribution >= 4 is 27.5 Å². The van der Waals surface area contributed by atoms with E-state index in [-0.39, 0.29) is 12.5 Å². The molecule has 0 aliphatic heterocycles. The maximum Gasteiger partial charge on any atom is 0.238 e. The summed E-state index contributed by atoms with van der Waals surface area (Å²) in [6.45, 7) is 4.37. The Morgan fingerprint density at radius 3 is 2.76 bits per heavy atom. The van der Waals surface area contributed by atoms with Gasteiger partial charge in [-0.05, 0) is 37.7 Å². The van der Waals surface area contributed by atoms with Crippen molar-refractivity contribution in [2.24, 2.45) is 0 Å². The van der Waals surface area contributed by atoms with Crippen molar-refractivity contribution in [1.29, 1.82) is 0 Å². The number of halogens is 1. The number of carbonyl (C=O) groups is 1. The third-order valence-corrected chi connectivity index (χ3v) is 3.34. The topological polar surface area (TPSA) is 71.3 Å². The zero-order chi connectivity index (χ0) is 15.4. The van der Waals surface area contributed by atoms with E-state index in [9.17, 15) is 4.79 Å². The molecule has 0 aliphatic carbocycles. The van der Waals surface area contributed by atoms with E-state index >= 15 is 0 Å². The van der Waals surface area contributed by atoms with Crippen LogP contribution in [0.2, 0.25) is 0 Å². The summed E-state index contributed by atoms with van der Waals surface area (Å²) in [5.74, 6) is 0.940. The van der Waals surface area contributed by atoms with Crippen molar-refractivity contribution in [2.45, 2.75) is 20.4 Å². The van der Waals surface area contributed by atoms with Crippen molar-refractivity contribution in [3.05, 3.63) is 40.0 Å². The van der Waals surface area contributed by atoms with E-state index in [1.807, 2.05) is 37.1 Å². The number of amides is 1. The number of likely N-dealkylation sites (N-methyl/N-ethyl adjacent to an activating group) is 1. The highest BCUT2D eigenvalue weighted by atomic mass is 79.9. The first-order valence-corrected chi connectivity index (χ1v) is 7.27. The predicted molar refractivity (Wildman–Crippen MR) is 82.9 cm³/mol. The minimum Gasteiger partial charge on any atom is -0.424 e. The van der Waals surface area contributed by atoms with Gasteiger partial charge in [0.2, 0.25) is 17.7 Å². The normalized spacial score (nSPS) is 10.9. The third-order valence-electron chi connectivity index (χ3n) is 2.85. The predicted octanol–water partition coefficient (Wildman–Crippen LogP) is 2.52. The van der Waals surface area contributed by atoms with Crippen LogP contribution in [-0.4, -0.2) is 34.6 Å². The molecule has 0 radical (unpaired) electrons. The van der Waals surface area contributed by atoms with Crippen molar-refractivity contribution < 1.29 is 9.21 Å². The van der Waals surface area contributed by atoms with E-state index in [0.29, 0.717) is 18.3 Å². The molecule has 2 aromatic rings. The van der Waals surface area contributed by atoms with E-state index in [1.54, 1.807) is 6.92 Å². The highest BCUT2D eigenvalue weighted by molar-refractivity contribution is 9.10. The fourth-order valence-corrected chi connectivity index (χ4v) is 2.37. The van der Waals surface area contributed by atoms with Gasteiger partial charge < -0.3 is 9.73 Å². The van der Waals surface area contributed by atoms with Crippen LogP contribution in [-0.2, 0) is 11.3 Å². The first-order valence-electron chi connectivity index (χ1n) is 6.47. The summed E-state index contributed by atoms with van der Waals surface area (Å²) in [4.78, 5) is 13.8. The molecular formula is C14H17BrN4O2. The molecule has 21 heavy (non-hydrogen) atoms. The molecule has 1 N–H and O–H groups in total. The zero-order valence-electron chi connectivity index (χ0n) is 12.2. The van der Waals surface area contributed by atoms with Crippen LogP contribution < -0.4 is 5.32 Å². The molecule has 112 valence electrons. The summed E-state index contributed by atoms with van der Waals surface area (Å²) in [7, 11) is 1.83. The molecule has 0 unspecified atom stereocenters. The highest BCUT2D eigenvalue weighted by Gasteiger charge is 2.11. The molecule has 2 rings (SSSR count). The highest BCUT2D eigenvalue weighted by Crippen LogP contribution is 2.19. The molecule has 0 saturated heterocycles. The molecule has 0 saturated carbocycles. The summed E-state index contributed by atoms with van der Waals surface area (Å²) in [6.07, 6.45) is 0. The maximum atomic E-state index is 12.0. The third kappa shape index (κ3) is 4.64. The number of benzene rings is 1. The second-order valence-corrected chi connectivity index (χ2v) is 5.81. The minimum atomic E-state index is -0.0841. The lowest BCUT2D eigenvalue weighted by Gasteiger charge is -2.15. The van der Waals surface area contributed by atoms with Crippen LogP contribution in [0.5, 0.6) is 0 Å². The average Bonchev–Trinajstić information content (AvgIpc) is 2.78. The Balaban J connectivity index is 1.89. The molecule has 0 aliphatic rings. The largest absolute Gasteiger partial charge is 0.424 e. The van der Waals surface area contributed by atoms with E-state index in [4.69, 9.17) is 4.42 Å². The Morgan fingerprint density at radius 2 is 2.14 bits per heavy atom. The molecule has 1 amide bonds. The first kappa shape index (κ1) is 15.7. The van der Waals surface area contributed by atoms with Crippen LogP contribution in [0.4, 0.5) is 5.69 Å². The second-order valence-electron chi connectivity index (χ2n) is 4.89. The molecule has 1 aromatic heterocycles. The van der Waals surface area contributed by atoms with E-state index < -0.39 is 0 Å². The molecular weight excluding hydrogens is 336 g/mol. The molecule has 1 aromatic carbocycles. The quantitative estimate of drug-likeness (QED) is 0.894. The van der Waals surface area contributed by atoms with E-state index in [0.717, 1.165) is 15.7 Å². The Kier molecular flexibility index (Phi) is 5.08. The van der Waals surface area contributed by atoms with Gasteiger partial charge in [-0.3, -0.25) is 9.69 Å². The zero-order valence-corrected chi connectivity index (χ0v) is 13.8. The van der Waals surface area contributed by atoms with Gasteiger partial charge in [-0.15, -0.1) is 10.2 Å². The number of aryl methyl sites for hydroxylation is 2. The number of aromatic nitrogens is 2. The fraction of sp³-hybridized carbons (Fsp3) is 0.357. The monoisotopic (exact) mass is 352 g/mol. The van der Waals surface area contributed by atoms with Crippen LogP contribution in [0, 0.1) is 13.8 Å². The molecule has 0 atom stereocenters. The summed E-state index contributed by atoms with van der Waals surface area (Å²) >= 11 is 3.40. The van der Waals surface area contributed by atoms with Crippen molar-refractivity contribution in [1.82, 2.24) is 15.1 Å². The fourth-order valence-electron chi connectivity index (χ4n) is 1.89. The smallest absolute Gasteiger partial charge is 0.238 e. The summed E-state index contributed by atoms with van der Waals surface area (Å²) < 4.78 is 6.27. The SMILES string of the molecule is Cc1nnc(CN(C)CC(=O)Nc2ccc(Br)cc2C)o1. The van der Waals surface area contributed by atoms with Crippen LogP contribution in [0.15, 0.2) is 27.1 Å². The Labute approximate surface area is 131 Å². The van der Waals surface area contributed by atoms with Gasteiger partial charge in [0.15, 0.2) is 0 Å². The van der Waals surface area contributed by atoms with Crippen molar-refractivity contribution in [2.75, 3.05) is 18.9 Å². The van der Waals surface area contributed by atoms with Crippen molar-refractivity contribution in [3.8, 4) is 0 Å². The van der Waals surface area contributed by atoms with Crippen LogP contribution in [0.3, 0.4) is 0 Å². The summed E-state index contributed by atoms with van der Waals surface area (Å²) in [6, 6.07) is 5.73. The summed E-state index contributed by atoms with van der Waals surface area (Å²) in [5.41, 5.74) is 1.82. The molecule has 7 heteroatoms. The van der Waals surface area contributed by atoms with E-state index in [1.165, 1.54) is 0 Å². The maximum absolute atomic E-state index is 12.0. The molecule has 1 heterocycles. The standard InChI is InChI=1S/C14H17BrN4O2/c1-9-6-11(15)4-5-12(9)16-13(20)7-19(3)8-14-18-17-10(2)21-14/h4-6H,7-8H2,1-3H3,(H,16,20). The van der Waals surface area contributed by atoms with Gasteiger partial charge in [-0.2, -0.15) is 0 Å². The van der Waals surface area contributed by atoms with Crippen LogP contribution >= 0.6 is 15.9 Å². The number of nitrogens with one attached hydrogen (secondary N) is 1. The van der Waals surface area contributed by atoms with Gasteiger partial charge in [-0.1, -0.05) is 15.9 Å². The number of carbonyl (C=O) groups excluding carboxylic acids is 1. The van der Waals surface area contributed by atoms with Gasteiger partial charge in [0.1, 0.15) is 0 Å². The number of anilines is 1. The van der Waals surface area contributed by atoms with Gasteiger partial charge in [0, 0.05) is 17.1 Å². The average molecular weight is 353 g/mol. The Morgan fingerprint density at radius 1 is 1.38 bits per heavy atom. The lowest BCUT2D eigenvalue weighted by Crippen LogP contribution is -2.30. The number of nitrogens with zero attached hydrogens (tertiary/aromatic N) is 3. The van der Waals surface area contributed by atoms with Crippen LogP contribution in [0.1, 0.15) is 17.3 Å². The van der Waals surface area contributed by atoms with Crippen LogP contribution in [0.25, 0.3) is 0 Å². The lowest BCUT2D eigenvalue weighted by atomic mass is 10.2. The number of hydrogen-bond donors (Lipinski definition) is 1. The Hall–Kier alpha value is -1.73.